The highest BCUT2D eigenvalue weighted by molar-refractivity contribution is 8.07. The summed E-state index contributed by atoms with van der Waals surface area (Å²) in [6.07, 6.45) is 2.98. The molecule has 24 heavy (non-hydrogen) atoms. The largest absolute Gasteiger partial charge is 0.403 e. The molecule has 4 rings (SSSR count). The SMILES string of the molecule is CC(C)(C)[Si](O[C@@H]1CC[C@@H]2S[C@@H]21)(c1ccccc1)c1ccccc1. The molecule has 3 atom stereocenters. The molecule has 0 radical (unpaired) electrons. The number of benzene rings is 2. The zero-order valence-electron chi connectivity index (χ0n) is 14.7. The van der Waals surface area contributed by atoms with Crippen molar-refractivity contribution in [2.45, 2.75) is 55.3 Å². The van der Waals surface area contributed by atoms with Gasteiger partial charge in [0.05, 0.1) is 6.10 Å². The molecular formula is C21H26OSSi. The molecule has 0 amide bonds. The van der Waals surface area contributed by atoms with Crippen LogP contribution in [0, 0.1) is 0 Å². The second-order valence-electron chi connectivity index (χ2n) is 8.04. The van der Waals surface area contributed by atoms with Crippen LogP contribution < -0.4 is 10.4 Å². The van der Waals surface area contributed by atoms with Gasteiger partial charge < -0.3 is 4.43 Å². The van der Waals surface area contributed by atoms with E-state index in [1.54, 1.807) is 0 Å². The van der Waals surface area contributed by atoms with Crippen LogP contribution in [-0.2, 0) is 4.43 Å². The highest BCUT2D eigenvalue weighted by Gasteiger charge is 2.57. The summed E-state index contributed by atoms with van der Waals surface area (Å²) in [5.41, 5.74) is 0. The van der Waals surface area contributed by atoms with E-state index < -0.39 is 8.32 Å². The Kier molecular flexibility index (Phi) is 4.14. The molecule has 1 aliphatic heterocycles. The van der Waals surface area contributed by atoms with Crippen molar-refractivity contribution in [2.24, 2.45) is 0 Å². The molecule has 0 spiro atoms. The zero-order chi connectivity index (χ0) is 16.8. The monoisotopic (exact) mass is 354 g/mol. The maximum Gasteiger partial charge on any atom is 0.261 e. The Labute approximate surface area is 151 Å². The van der Waals surface area contributed by atoms with Crippen LogP contribution >= 0.6 is 11.8 Å². The first-order chi connectivity index (χ1) is 11.5. The average Bonchev–Trinajstić information content (AvgIpc) is 3.27. The van der Waals surface area contributed by atoms with Gasteiger partial charge in [-0.25, -0.2) is 0 Å². The molecule has 2 aromatic rings. The highest BCUT2D eigenvalue weighted by atomic mass is 32.2. The molecule has 1 saturated carbocycles. The lowest BCUT2D eigenvalue weighted by Gasteiger charge is -2.45. The van der Waals surface area contributed by atoms with Crippen molar-refractivity contribution < 1.29 is 4.43 Å². The van der Waals surface area contributed by atoms with E-state index in [0.29, 0.717) is 6.10 Å². The molecule has 1 nitrogen and oxygen atoms in total. The van der Waals surface area contributed by atoms with E-state index >= 15 is 0 Å². The van der Waals surface area contributed by atoms with Gasteiger partial charge >= 0.3 is 0 Å². The van der Waals surface area contributed by atoms with Crippen LogP contribution in [0.3, 0.4) is 0 Å². The van der Waals surface area contributed by atoms with Gasteiger partial charge in [-0.3, -0.25) is 0 Å². The first kappa shape index (κ1) is 16.4. The lowest BCUT2D eigenvalue weighted by Crippen LogP contribution is -2.67. The van der Waals surface area contributed by atoms with Crippen LogP contribution in [0.4, 0.5) is 0 Å². The molecule has 1 aliphatic carbocycles. The van der Waals surface area contributed by atoms with E-state index in [4.69, 9.17) is 4.43 Å². The van der Waals surface area contributed by atoms with Crippen LogP contribution in [0.5, 0.6) is 0 Å². The van der Waals surface area contributed by atoms with Crippen molar-refractivity contribution in [3.63, 3.8) is 0 Å². The van der Waals surface area contributed by atoms with Crippen molar-refractivity contribution in [2.75, 3.05) is 0 Å². The van der Waals surface area contributed by atoms with Crippen LogP contribution in [0.25, 0.3) is 0 Å². The quantitative estimate of drug-likeness (QED) is 0.601. The molecule has 2 fully saturated rings. The average molecular weight is 355 g/mol. The summed E-state index contributed by atoms with van der Waals surface area (Å²) < 4.78 is 7.21. The molecule has 1 heterocycles. The fourth-order valence-electron chi connectivity index (χ4n) is 4.25. The van der Waals surface area contributed by atoms with Crippen molar-refractivity contribution in [1.29, 1.82) is 0 Å². The Bertz CT molecular complexity index is 655. The van der Waals surface area contributed by atoms with Crippen LogP contribution in [-0.4, -0.2) is 24.9 Å². The highest BCUT2D eigenvalue weighted by Crippen LogP contribution is 2.55. The van der Waals surface area contributed by atoms with Crippen molar-refractivity contribution in [3.8, 4) is 0 Å². The van der Waals surface area contributed by atoms with Gasteiger partial charge in [0.1, 0.15) is 0 Å². The minimum absolute atomic E-state index is 0.0906. The van der Waals surface area contributed by atoms with Crippen LogP contribution in [0.15, 0.2) is 60.7 Å². The number of rotatable bonds is 4. The van der Waals surface area contributed by atoms with E-state index in [0.717, 1.165) is 10.5 Å². The van der Waals surface area contributed by atoms with Gasteiger partial charge in [0, 0.05) is 10.5 Å². The first-order valence-corrected chi connectivity index (χ1v) is 11.8. The molecule has 126 valence electrons. The Morgan fingerprint density at radius 1 is 0.875 bits per heavy atom. The lowest BCUT2D eigenvalue weighted by molar-refractivity contribution is 0.203. The van der Waals surface area contributed by atoms with E-state index in [9.17, 15) is 0 Å². The van der Waals surface area contributed by atoms with E-state index in [1.165, 1.54) is 23.2 Å². The summed E-state index contributed by atoms with van der Waals surface area (Å²) in [6.45, 7) is 7.10. The summed E-state index contributed by atoms with van der Waals surface area (Å²) in [5, 5.41) is 4.50. The van der Waals surface area contributed by atoms with Gasteiger partial charge in [0.25, 0.3) is 8.32 Å². The fraction of sp³-hybridized carbons (Fsp3) is 0.429. The molecule has 0 bridgehead atoms. The Morgan fingerprint density at radius 3 is 1.79 bits per heavy atom. The minimum atomic E-state index is -2.34. The van der Waals surface area contributed by atoms with Gasteiger partial charge in [0.2, 0.25) is 0 Å². The normalized spacial score (nSPS) is 26.2. The molecule has 2 aromatic carbocycles. The summed E-state index contributed by atoms with van der Waals surface area (Å²) >= 11 is 2.13. The Hall–Kier alpha value is -1.03. The topological polar surface area (TPSA) is 9.23 Å². The molecule has 0 unspecified atom stereocenters. The third-order valence-electron chi connectivity index (χ3n) is 5.47. The number of hydrogen-bond acceptors (Lipinski definition) is 2. The van der Waals surface area contributed by atoms with Crippen molar-refractivity contribution in [3.05, 3.63) is 60.7 Å². The summed E-state index contributed by atoms with van der Waals surface area (Å²) in [6, 6.07) is 22.0. The maximum absolute atomic E-state index is 7.21. The van der Waals surface area contributed by atoms with Gasteiger partial charge in [-0.05, 0) is 28.3 Å². The van der Waals surface area contributed by atoms with Crippen molar-refractivity contribution in [1.82, 2.24) is 0 Å². The summed E-state index contributed by atoms with van der Waals surface area (Å²) in [4.78, 5) is 0. The summed E-state index contributed by atoms with van der Waals surface area (Å²) in [5.74, 6) is 0. The van der Waals surface area contributed by atoms with Gasteiger partial charge in [-0.2, -0.15) is 11.8 Å². The molecule has 1 saturated heterocycles. The van der Waals surface area contributed by atoms with Gasteiger partial charge in [-0.1, -0.05) is 81.4 Å². The second kappa shape index (κ2) is 6.05. The minimum Gasteiger partial charge on any atom is -0.403 e. The molecule has 2 aliphatic rings. The summed E-state index contributed by atoms with van der Waals surface area (Å²) in [7, 11) is -2.34. The standard InChI is InChI=1S/C21H26OSSi/c1-21(2,3)24(16-10-6-4-7-11-16,17-12-8-5-9-13-17)22-18-14-15-19-20(18)23-19/h4-13,18-20H,14-15H2,1-3H3/t18-,19+,20-/m1/s1. The molecule has 3 heteroatoms. The van der Waals surface area contributed by atoms with Crippen LogP contribution in [0.1, 0.15) is 33.6 Å². The van der Waals surface area contributed by atoms with Crippen LogP contribution in [0.2, 0.25) is 5.04 Å². The lowest BCUT2D eigenvalue weighted by atomic mass is 10.2. The Morgan fingerprint density at radius 2 is 1.42 bits per heavy atom. The molecular weight excluding hydrogens is 328 g/mol. The predicted molar refractivity (Wildman–Crippen MR) is 107 cm³/mol. The molecule has 0 aromatic heterocycles. The third kappa shape index (κ3) is 2.67. The third-order valence-corrected chi connectivity index (χ3v) is 12.0. The number of thioether (sulfide) groups is 1. The Balaban J connectivity index is 1.85. The molecule has 0 N–H and O–H groups in total. The van der Waals surface area contributed by atoms with E-state index in [1.807, 2.05) is 0 Å². The number of hydrogen-bond donors (Lipinski definition) is 0. The predicted octanol–water partition coefficient (Wildman–Crippen LogP) is 4.21. The maximum atomic E-state index is 7.21. The van der Waals surface area contributed by atoms with Gasteiger partial charge in [0.15, 0.2) is 0 Å². The fourth-order valence-corrected chi connectivity index (χ4v) is 10.3. The zero-order valence-corrected chi connectivity index (χ0v) is 16.6. The number of fused-ring (bicyclic) bond motifs is 1. The van der Waals surface area contributed by atoms with Gasteiger partial charge in [-0.15, -0.1) is 0 Å². The second-order valence-corrected chi connectivity index (χ2v) is 13.7. The van der Waals surface area contributed by atoms with E-state index in [-0.39, 0.29) is 5.04 Å². The smallest absolute Gasteiger partial charge is 0.261 e. The van der Waals surface area contributed by atoms with E-state index in [2.05, 4.69) is 93.2 Å². The first-order valence-electron chi connectivity index (χ1n) is 8.97. The van der Waals surface area contributed by atoms with Crippen molar-refractivity contribution >= 4 is 30.5 Å².